The number of nitrogens with two attached hydrogens (primary N) is 1. The minimum Gasteiger partial charge on any atom is -0.367 e. The van der Waals surface area contributed by atoms with Crippen molar-refractivity contribution in [1.29, 1.82) is 0 Å². The summed E-state index contributed by atoms with van der Waals surface area (Å²) in [5.41, 5.74) is 5.54. The lowest BCUT2D eigenvalue weighted by molar-refractivity contribution is -0.122. The van der Waals surface area contributed by atoms with Gasteiger partial charge in [-0.05, 0) is 11.3 Å². The topological polar surface area (TPSA) is 85.8 Å². The lowest BCUT2D eigenvalue weighted by atomic mass is 9.82. The van der Waals surface area contributed by atoms with Gasteiger partial charge < -0.3 is 11.1 Å². The summed E-state index contributed by atoms with van der Waals surface area (Å²) in [5.74, 6) is 0.513. The van der Waals surface area contributed by atoms with Crippen LogP contribution >= 0.6 is 0 Å². The van der Waals surface area contributed by atoms with E-state index in [-0.39, 0.29) is 23.8 Å². The van der Waals surface area contributed by atoms with Crippen LogP contribution in [0.15, 0.2) is 6.33 Å². The van der Waals surface area contributed by atoms with Crippen LogP contribution in [0.2, 0.25) is 0 Å². The van der Waals surface area contributed by atoms with Crippen LogP contribution in [0.1, 0.15) is 27.7 Å². The maximum atomic E-state index is 11.6. The van der Waals surface area contributed by atoms with Gasteiger partial charge in [0.15, 0.2) is 0 Å². The predicted molar refractivity (Wildman–Crippen MR) is 66.1 cm³/mol. The smallest absolute Gasteiger partial charge is 0.241 e. The zero-order chi connectivity index (χ0) is 13.1. The van der Waals surface area contributed by atoms with Gasteiger partial charge in [-0.1, -0.05) is 27.7 Å². The first-order valence-electron chi connectivity index (χ1n) is 5.70. The Bertz CT molecular complexity index is 379. The van der Waals surface area contributed by atoms with Crippen molar-refractivity contribution in [3.8, 4) is 0 Å². The molecule has 0 spiro atoms. The lowest BCUT2D eigenvalue weighted by Gasteiger charge is -2.27. The van der Waals surface area contributed by atoms with Gasteiger partial charge in [0.2, 0.25) is 11.9 Å². The Kier molecular flexibility index (Phi) is 4.09. The molecule has 0 aliphatic carbocycles. The molecule has 6 heteroatoms. The molecule has 0 radical (unpaired) electrons. The molecule has 1 aromatic rings. The Balaban J connectivity index is 2.36. The number of aromatic nitrogens is 3. The molecule has 1 rings (SSSR count). The first-order chi connectivity index (χ1) is 7.79. The zero-order valence-corrected chi connectivity index (χ0v) is 10.9. The van der Waals surface area contributed by atoms with E-state index in [9.17, 15) is 4.79 Å². The summed E-state index contributed by atoms with van der Waals surface area (Å²) in [5, 5.41) is 6.73. The molecule has 0 saturated heterocycles. The number of nitrogen functional groups attached to an aromatic ring is 1. The van der Waals surface area contributed by atoms with E-state index in [4.69, 9.17) is 5.73 Å². The Hall–Kier alpha value is -1.59. The Morgan fingerprint density at radius 2 is 2.24 bits per heavy atom. The molecule has 0 saturated carbocycles. The fourth-order valence-electron chi connectivity index (χ4n) is 1.16. The highest BCUT2D eigenvalue weighted by molar-refractivity contribution is 5.75. The summed E-state index contributed by atoms with van der Waals surface area (Å²) in [6.07, 6.45) is 1.45. The molecule has 1 heterocycles. The maximum absolute atomic E-state index is 11.6. The Morgan fingerprint density at radius 1 is 1.59 bits per heavy atom. The summed E-state index contributed by atoms with van der Waals surface area (Å²) >= 11 is 0. The number of nitrogens with zero attached hydrogens (tertiary/aromatic N) is 3. The second kappa shape index (κ2) is 5.16. The van der Waals surface area contributed by atoms with Gasteiger partial charge in [-0.2, -0.15) is 0 Å². The van der Waals surface area contributed by atoms with Crippen LogP contribution in [0.5, 0.6) is 0 Å². The molecule has 0 fully saturated rings. The predicted octanol–water partition coefficient (Wildman–Crippen LogP) is 0.659. The number of carbonyl (C=O) groups is 1. The minimum absolute atomic E-state index is 0.0778. The van der Waals surface area contributed by atoms with Gasteiger partial charge in [-0.15, -0.1) is 5.10 Å². The molecule has 1 unspecified atom stereocenters. The number of rotatable bonds is 4. The summed E-state index contributed by atoms with van der Waals surface area (Å²) in [6.45, 7) is 9.40. The molecular weight excluding hydrogens is 218 g/mol. The van der Waals surface area contributed by atoms with Crippen LogP contribution in [0.3, 0.4) is 0 Å². The van der Waals surface area contributed by atoms with Crippen LogP contribution in [0.25, 0.3) is 0 Å². The van der Waals surface area contributed by atoms with Gasteiger partial charge in [0.25, 0.3) is 0 Å². The van der Waals surface area contributed by atoms with Crippen LogP contribution < -0.4 is 11.1 Å². The van der Waals surface area contributed by atoms with E-state index in [1.54, 1.807) is 0 Å². The van der Waals surface area contributed by atoms with Crippen molar-refractivity contribution >= 4 is 11.9 Å². The van der Waals surface area contributed by atoms with Crippen LogP contribution in [0.4, 0.5) is 5.95 Å². The molecular formula is C11H21N5O. The Morgan fingerprint density at radius 3 is 2.71 bits per heavy atom. The Labute approximate surface area is 102 Å². The van der Waals surface area contributed by atoms with E-state index in [0.717, 1.165) is 0 Å². The van der Waals surface area contributed by atoms with Crippen molar-refractivity contribution in [2.24, 2.45) is 11.3 Å². The summed E-state index contributed by atoms with van der Waals surface area (Å²) < 4.78 is 1.42. The highest BCUT2D eigenvalue weighted by Crippen LogP contribution is 2.24. The monoisotopic (exact) mass is 239 g/mol. The third-order valence-corrected chi connectivity index (χ3v) is 2.94. The van der Waals surface area contributed by atoms with E-state index >= 15 is 0 Å². The fourth-order valence-corrected chi connectivity index (χ4v) is 1.16. The highest BCUT2D eigenvalue weighted by atomic mass is 16.2. The molecule has 1 aromatic heterocycles. The second-order valence-corrected chi connectivity index (χ2v) is 5.37. The van der Waals surface area contributed by atoms with Gasteiger partial charge in [0, 0.05) is 6.54 Å². The molecule has 3 N–H and O–H groups in total. The molecule has 0 aliphatic heterocycles. The average molecular weight is 239 g/mol. The summed E-state index contributed by atoms with van der Waals surface area (Å²) in [4.78, 5) is 15.4. The van der Waals surface area contributed by atoms with Crippen LogP contribution in [-0.4, -0.2) is 27.2 Å². The average Bonchev–Trinajstić information content (AvgIpc) is 2.58. The lowest BCUT2D eigenvalue weighted by Crippen LogP contribution is -2.35. The number of hydrogen-bond donors (Lipinski definition) is 2. The number of hydrogen-bond acceptors (Lipinski definition) is 4. The number of amides is 1. The van der Waals surface area contributed by atoms with E-state index in [1.165, 1.54) is 11.0 Å². The molecule has 1 amide bonds. The van der Waals surface area contributed by atoms with Crippen molar-refractivity contribution in [3.05, 3.63) is 6.33 Å². The first kappa shape index (κ1) is 13.5. The summed E-state index contributed by atoms with van der Waals surface area (Å²) in [7, 11) is 0. The van der Waals surface area contributed by atoms with Crippen molar-refractivity contribution in [3.63, 3.8) is 0 Å². The van der Waals surface area contributed by atoms with Crippen molar-refractivity contribution < 1.29 is 4.79 Å². The normalized spacial score (nSPS) is 13.4. The van der Waals surface area contributed by atoms with Gasteiger partial charge in [-0.25, -0.2) is 9.67 Å². The molecule has 1 atom stereocenters. The fraction of sp³-hybridized carbons (Fsp3) is 0.727. The zero-order valence-electron chi connectivity index (χ0n) is 10.9. The van der Waals surface area contributed by atoms with Gasteiger partial charge >= 0.3 is 0 Å². The SMILES string of the molecule is CC(CNC(=O)Cn1cnc(N)n1)C(C)(C)C. The number of nitrogens with one attached hydrogen (secondary N) is 1. The highest BCUT2D eigenvalue weighted by Gasteiger charge is 2.20. The largest absolute Gasteiger partial charge is 0.367 e. The third-order valence-electron chi connectivity index (χ3n) is 2.94. The van der Waals surface area contributed by atoms with E-state index in [1.807, 2.05) is 0 Å². The summed E-state index contributed by atoms with van der Waals surface area (Å²) in [6, 6.07) is 0. The molecule has 96 valence electrons. The van der Waals surface area contributed by atoms with Gasteiger partial charge in [0.1, 0.15) is 12.9 Å². The number of anilines is 1. The van der Waals surface area contributed by atoms with E-state index in [0.29, 0.717) is 12.5 Å². The molecule has 0 aliphatic rings. The molecule has 0 bridgehead atoms. The number of carbonyl (C=O) groups excluding carboxylic acids is 1. The van der Waals surface area contributed by atoms with Crippen molar-refractivity contribution in [2.45, 2.75) is 34.2 Å². The standard InChI is InChI=1S/C11H21N5O/c1-8(11(2,3)4)5-13-9(17)6-16-7-14-10(12)15-16/h7-8H,5-6H2,1-4H3,(H2,12,15)(H,13,17). The van der Waals surface area contributed by atoms with E-state index in [2.05, 4.69) is 43.1 Å². The van der Waals surface area contributed by atoms with Crippen LogP contribution in [0, 0.1) is 11.3 Å². The third kappa shape index (κ3) is 4.42. The second-order valence-electron chi connectivity index (χ2n) is 5.37. The first-order valence-corrected chi connectivity index (χ1v) is 5.70. The quantitative estimate of drug-likeness (QED) is 0.808. The minimum atomic E-state index is -0.0778. The molecule has 0 aromatic carbocycles. The van der Waals surface area contributed by atoms with E-state index < -0.39 is 0 Å². The van der Waals surface area contributed by atoms with Gasteiger partial charge in [0.05, 0.1) is 0 Å². The molecule has 6 nitrogen and oxygen atoms in total. The van der Waals surface area contributed by atoms with Gasteiger partial charge in [-0.3, -0.25) is 4.79 Å². The maximum Gasteiger partial charge on any atom is 0.241 e. The van der Waals surface area contributed by atoms with Crippen LogP contribution in [-0.2, 0) is 11.3 Å². The van der Waals surface area contributed by atoms with Crippen molar-refractivity contribution in [1.82, 2.24) is 20.1 Å². The molecule has 17 heavy (non-hydrogen) atoms. The van der Waals surface area contributed by atoms with Crippen molar-refractivity contribution in [2.75, 3.05) is 12.3 Å².